The number of hydrogen-bond acceptors (Lipinski definition) is 10. The summed E-state index contributed by atoms with van der Waals surface area (Å²) in [5.74, 6) is -1.52. The normalized spacial score (nSPS) is 10.1. The molecule has 0 saturated heterocycles. The van der Waals surface area contributed by atoms with Gasteiger partial charge in [-0.1, -0.05) is 4.90 Å². The lowest BCUT2D eigenvalue weighted by Gasteiger charge is -1.85. The molecule has 2 aromatic rings. The summed E-state index contributed by atoms with van der Waals surface area (Å²) < 4.78 is 8.40. The van der Waals surface area contributed by atoms with Gasteiger partial charge in [-0.2, -0.15) is 0 Å². The molecule has 0 unspecified atom stereocenters. The predicted octanol–water partition coefficient (Wildman–Crippen LogP) is 1.99. The molecule has 0 radical (unpaired) electrons. The van der Waals surface area contributed by atoms with Gasteiger partial charge in [-0.05, 0) is 41.9 Å². The smallest absolute Gasteiger partial charge is 0.369 e. The molecule has 2 aromatic heterocycles. The highest BCUT2D eigenvalue weighted by Gasteiger charge is 2.18. The molecule has 0 aromatic carbocycles. The summed E-state index contributed by atoms with van der Waals surface area (Å²) in [6.45, 7) is 0. The van der Waals surface area contributed by atoms with Crippen molar-refractivity contribution in [3.63, 3.8) is 0 Å². The number of azide groups is 2. The van der Waals surface area contributed by atoms with Gasteiger partial charge in [0.25, 0.3) is 5.82 Å². The Labute approximate surface area is 100 Å². The van der Waals surface area contributed by atoms with Gasteiger partial charge in [-0.15, -0.1) is 0 Å². The van der Waals surface area contributed by atoms with Crippen LogP contribution in [0.25, 0.3) is 20.9 Å². The molecular formula is C4N12O3. The lowest BCUT2D eigenvalue weighted by Crippen LogP contribution is -2.21. The van der Waals surface area contributed by atoms with Crippen molar-refractivity contribution >= 4 is 23.3 Å². The summed E-state index contributed by atoms with van der Waals surface area (Å²) in [7, 11) is 0. The summed E-state index contributed by atoms with van der Waals surface area (Å²) in [6.07, 6.45) is 0. The molecule has 0 amide bonds. The van der Waals surface area contributed by atoms with Crippen LogP contribution in [-0.4, -0.2) is 15.5 Å². The maximum absolute atomic E-state index is 11.1. The van der Waals surface area contributed by atoms with Crippen LogP contribution in [0.1, 0.15) is 0 Å². The van der Waals surface area contributed by atoms with E-state index in [0.717, 1.165) is 0 Å². The Balaban J connectivity index is 2.37. The average molecular weight is 264 g/mol. The molecule has 94 valence electrons. The van der Waals surface area contributed by atoms with E-state index in [9.17, 15) is 5.21 Å². The van der Waals surface area contributed by atoms with E-state index >= 15 is 0 Å². The van der Waals surface area contributed by atoms with Crippen molar-refractivity contribution in [1.29, 1.82) is 0 Å². The van der Waals surface area contributed by atoms with Crippen LogP contribution in [0.4, 0.5) is 23.3 Å². The highest BCUT2D eigenvalue weighted by atomic mass is 16.8. The Morgan fingerprint density at radius 1 is 1.00 bits per heavy atom. The largest absolute Gasteiger partial charge is 0.391 e. The molecule has 0 aliphatic rings. The molecule has 15 heteroatoms. The van der Waals surface area contributed by atoms with Crippen LogP contribution in [0, 0.1) is 5.21 Å². The third kappa shape index (κ3) is 2.36. The second-order valence-corrected chi connectivity index (χ2v) is 2.57. The molecule has 0 aliphatic carbocycles. The van der Waals surface area contributed by atoms with E-state index in [1.807, 2.05) is 0 Å². The monoisotopic (exact) mass is 264 g/mol. The number of rotatable bonds is 4. The van der Waals surface area contributed by atoms with E-state index in [4.69, 9.17) is 11.1 Å². The highest BCUT2D eigenvalue weighted by Crippen LogP contribution is 2.27. The fourth-order valence-corrected chi connectivity index (χ4v) is 0.866. The first-order chi connectivity index (χ1) is 9.26. The van der Waals surface area contributed by atoms with Gasteiger partial charge in [0.1, 0.15) is 0 Å². The van der Waals surface area contributed by atoms with Gasteiger partial charge in [0, 0.05) is 14.9 Å². The third-order valence-electron chi connectivity index (χ3n) is 1.55. The molecule has 15 nitrogen and oxygen atoms in total. The van der Waals surface area contributed by atoms with Gasteiger partial charge in [0.15, 0.2) is 0 Å². The molecular weight excluding hydrogens is 264 g/mol. The topological polar surface area (TPSA) is 214 Å². The summed E-state index contributed by atoms with van der Waals surface area (Å²) in [6, 6.07) is 0. The molecule has 0 fully saturated rings. The second kappa shape index (κ2) is 5.09. The van der Waals surface area contributed by atoms with Crippen LogP contribution in [-0.2, 0) is 0 Å². The lowest BCUT2D eigenvalue weighted by atomic mass is 10.6. The zero-order valence-corrected chi connectivity index (χ0v) is 8.59. The van der Waals surface area contributed by atoms with E-state index < -0.39 is 11.6 Å². The zero-order chi connectivity index (χ0) is 13.7. The maximum Gasteiger partial charge on any atom is 0.369 e. The van der Waals surface area contributed by atoms with Crippen LogP contribution in [0.3, 0.4) is 0 Å². The van der Waals surface area contributed by atoms with Crippen molar-refractivity contribution in [3.8, 4) is 0 Å². The molecule has 0 saturated carbocycles. The number of aromatic nitrogens is 4. The Bertz CT molecular complexity index is 713. The first-order valence-corrected chi connectivity index (χ1v) is 4.20. The molecule has 2 heterocycles. The van der Waals surface area contributed by atoms with Gasteiger partial charge in [-0.25, -0.2) is 4.63 Å². The fourth-order valence-electron chi connectivity index (χ4n) is 0.866. The number of azo groups is 1. The first kappa shape index (κ1) is 11.8. The van der Waals surface area contributed by atoms with Crippen molar-refractivity contribution in [2.45, 2.75) is 0 Å². The van der Waals surface area contributed by atoms with Crippen molar-refractivity contribution in [2.24, 2.45) is 20.5 Å². The Morgan fingerprint density at radius 2 is 1.68 bits per heavy atom. The van der Waals surface area contributed by atoms with Gasteiger partial charge in [0.2, 0.25) is 5.82 Å². The molecule has 2 rings (SSSR count). The molecule has 0 atom stereocenters. The van der Waals surface area contributed by atoms with Crippen molar-refractivity contribution < 1.29 is 14.2 Å². The Morgan fingerprint density at radius 3 is 2.42 bits per heavy atom. The second-order valence-electron chi connectivity index (χ2n) is 2.57. The van der Waals surface area contributed by atoms with E-state index in [-0.39, 0.29) is 16.5 Å². The predicted molar refractivity (Wildman–Crippen MR) is 51.5 cm³/mol. The van der Waals surface area contributed by atoms with Crippen LogP contribution in [0.2, 0.25) is 0 Å². The standard InChI is InChI=1S/C4N12O3/c5-14-8-2-1(11-18-12-2)7-10-4-3(9-15-6)13-19-16(4)17. The van der Waals surface area contributed by atoms with Gasteiger partial charge in [-0.3, -0.25) is 0 Å². The van der Waals surface area contributed by atoms with E-state index in [2.05, 4.69) is 55.0 Å². The highest BCUT2D eigenvalue weighted by molar-refractivity contribution is 5.49. The summed E-state index contributed by atoms with van der Waals surface area (Å²) in [5.41, 5.74) is 16.4. The molecule has 0 spiro atoms. The molecule has 0 aliphatic heterocycles. The summed E-state index contributed by atoms with van der Waals surface area (Å²) in [4.78, 5) is 4.71. The van der Waals surface area contributed by atoms with E-state index in [1.54, 1.807) is 0 Å². The third-order valence-corrected chi connectivity index (χ3v) is 1.55. The minimum absolute atomic E-state index is 0.145. The van der Waals surface area contributed by atoms with Crippen LogP contribution in [0.5, 0.6) is 0 Å². The van der Waals surface area contributed by atoms with Gasteiger partial charge in [0.05, 0.1) is 0 Å². The maximum atomic E-state index is 11.1. The van der Waals surface area contributed by atoms with Crippen molar-refractivity contribution in [1.82, 2.24) is 15.5 Å². The van der Waals surface area contributed by atoms with Crippen molar-refractivity contribution in [3.05, 3.63) is 26.1 Å². The van der Waals surface area contributed by atoms with Gasteiger partial charge >= 0.3 is 11.6 Å². The lowest BCUT2D eigenvalue weighted by molar-refractivity contribution is -0.792. The minimum atomic E-state index is -0.521. The summed E-state index contributed by atoms with van der Waals surface area (Å²) >= 11 is 0. The Kier molecular flexibility index (Phi) is 3.15. The molecule has 19 heavy (non-hydrogen) atoms. The zero-order valence-electron chi connectivity index (χ0n) is 8.59. The Hall–Kier alpha value is -3.70. The van der Waals surface area contributed by atoms with Crippen molar-refractivity contribution in [2.75, 3.05) is 0 Å². The average Bonchev–Trinajstić information content (AvgIpc) is 2.96. The number of hydrogen-bond donors (Lipinski definition) is 0. The summed E-state index contributed by atoms with van der Waals surface area (Å²) in [5, 5.41) is 33.6. The number of nitrogens with zero attached hydrogens (tertiary/aromatic N) is 12. The fraction of sp³-hybridized carbons (Fsp3) is 0. The first-order valence-electron chi connectivity index (χ1n) is 4.20. The van der Waals surface area contributed by atoms with Crippen LogP contribution < -0.4 is 4.90 Å². The van der Waals surface area contributed by atoms with Gasteiger partial charge < -0.3 is 9.84 Å². The molecule has 0 N–H and O–H groups in total. The SMILES string of the molecule is [N-]=[N+]=Nc1nonc1N=Nc1c(N=[N+]=[N-])no[n+]1[O-]. The quantitative estimate of drug-likeness (QED) is 0.347. The van der Waals surface area contributed by atoms with Crippen LogP contribution >= 0.6 is 0 Å². The molecule has 0 bridgehead atoms. The van der Waals surface area contributed by atoms with E-state index in [0.29, 0.717) is 0 Å². The van der Waals surface area contributed by atoms with E-state index in [1.165, 1.54) is 0 Å². The minimum Gasteiger partial charge on any atom is -0.391 e. The van der Waals surface area contributed by atoms with Crippen LogP contribution in [0.15, 0.2) is 29.7 Å².